The number of aryl methyl sites for hydroxylation is 1. The van der Waals surface area contributed by atoms with Crippen LogP contribution in [0.4, 0.5) is 5.82 Å². The number of hydrogen-bond acceptors (Lipinski definition) is 4. The van der Waals surface area contributed by atoms with Gasteiger partial charge in [0.05, 0.1) is 6.33 Å². The van der Waals surface area contributed by atoms with E-state index in [1.54, 1.807) is 19.4 Å². The molecule has 1 aliphatic heterocycles. The van der Waals surface area contributed by atoms with Crippen LogP contribution in [0, 0.1) is 5.92 Å². The normalized spacial score (nSPS) is 19.8. The van der Waals surface area contributed by atoms with E-state index in [1.807, 2.05) is 0 Å². The van der Waals surface area contributed by atoms with Crippen LogP contribution in [-0.4, -0.2) is 34.6 Å². The minimum Gasteiger partial charge on any atom is -0.356 e. The lowest BCUT2D eigenvalue weighted by molar-refractivity contribution is -0.123. The topological polar surface area (TPSA) is 67.2 Å². The fourth-order valence-corrected chi connectivity index (χ4v) is 3.09. The van der Waals surface area contributed by atoms with Gasteiger partial charge in [0.25, 0.3) is 5.56 Å². The first-order chi connectivity index (χ1) is 10.6. The molecule has 2 aliphatic rings. The smallest absolute Gasteiger partial charge is 0.255 e. The number of piperidine rings is 1. The third kappa shape index (κ3) is 3.48. The Morgan fingerprint density at radius 1 is 1.32 bits per heavy atom. The van der Waals surface area contributed by atoms with E-state index in [9.17, 15) is 9.59 Å². The number of aromatic nitrogens is 2. The van der Waals surface area contributed by atoms with Gasteiger partial charge in [-0.05, 0) is 38.0 Å². The molecule has 0 spiro atoms. The van der Waals surface area contributed by atoms with E-state index in [0.29, 0.717) is 18.4 Å². The minimum absolute atomic E-state index is 0.0352. The first-order valence-corrected chi connectivity index (χ1v) is 8.19. The molecule has 6 heteroatoms. The van der Waals surface area contributed by atoms with Gasteiger partial charge in [-0.25, -0.2) is 4.98 Å². The van der Waals surface area contributed by atoms with Gasteiger partial charge in [0.1, 0.15) is 5.82 Å². The highest BCUT2D eigenvalue weighted by Crippen LogP contribution is 2.24. The summed E-state index contributed by atoms with van der Waals surface area (Å²) in [6.07, 6.45) is 7.68. The lowest BCUT2D eigenvalue weighted by Crippen LogP contribution is -2.41. The zero-order valence-corrected chi connectivity index (χ0v) is 13.1. The molecule has 3 rings (SSSR count). The van der Waals surface area contributed by atoms with E-state index in [-0.39, 0.29) is 11.5 Å². The highest BCUT2D eigenvalue weighted by atomic mass is 16.1. The van der Waals surface area contributed by atoms with E-state index in [4.69, 9.17) is 0 Å². The molecule has 1 saturated carbocycles. The fraction of sp³-hybridized carbons (Fsp3) is 0.688. The average molecular weight is 304 g/mol. The molecule has 1 aliphatic carbocycles. The summed E-state index contributed by atoms with van der Waals surface area (Å²) in [5.41, 5.74) is -0.0352. The third-order valence-electron chi connectivity index (χ3n) is 4.85. The van der Waals surface area contributed by atoms with Crippen molar-refractivity contribution in [3.05, 3.63) is 22.7 Å². The summed E-state index contributed by atoms with van der Waals surface area (Å²) in [5.74, 6) is 1.40. The summed E-state index contributed by atoms with van der Waals surface area (Å²) in [4.78, 5) is 30.1. The van der Waals surface area contributed by atoms with Crippen LogP contribution in [0.3, 0.4) is 0 Å². The highest BCUT2D eigenvalue weighted by Gasteiger charge is 2.25. The Labute approximate surface area is 130 Å². The molecular weight excluding hydrogens is 280 g/mol. The van der Waals surface area contributed by atoms with Crippen LogP contribution >= 0.6 is 0 Å². The maximum Gasteiger partial charge on any atom is 0.255 e. The van der Waals surface area contributed by atoms with Gasteiger partial charge in [-0.15, -0.1) is 0 Å². The van der Waals surface area contributed by atoms with E-state index >= 15 is 0 Å². The van der Waals surface area contributed by atoms with Crippen molar-refractivity contribution >= 4 is 11.7 Å². The van der Waals surface area contributed by atoms with Crippen molar-refractivity contribution in [3.8, 4) is 0 Å². The van der Waals surface area contributed by atoms with Crippen molar-refractivity contribution in [1.29, 1.82) is 0 Å². The fourth-order valence-electron chi connectivity index (χ4n) is 3.09. The molecule has 6 nitrogen and oxygen atoms in total. The van der Waals surface area contributed by atoms with Crippen molar-refractivity contribution in [2.24, 2.45) is 13.0 Å². The second kappa shape index (κ2) is 6.50. The van der Waals surface area contributed by atoms with E-state index in [0.717, 1.165) is 44.6 Å². The maximum atomic E-state index is 12.0. The van der Waals surface area contributed by atoms with Gasteiger partial charge >= 0.3 is 0 Å². The number of nitrogens with one attached hydrogen (secondary N) is 1. The summed E-state index contributed by atoms with van der Waals surface area (Å²) in [6.45, 7) is 1.73. The number of anilines is 1. The molecule has 1 aromatic heterocycles. The summed E-state index contributed by atoms with van der Waals surface area (Å²) in [6, 6.07) is 2.02. The molecule has 0 radical (unpaired) electrons. The second-order valence-electron chi connectivity index (χ2n) is 6.53. The summed E-state index contributed by atoms with van der Waals surface area (Å²) >= 11 is 0. The van der Waals surface area contributed by atoms with Gasteiger partial charge in [0, 0.05) is 38.7 Å². The number of rotatable bonds is 4. The molecular formula is C16H24N4O2. The van der Waals surface area contributed by atoms with Gasteiger partial charge in [-0.2, -0.15) is 0 Å². The van der Waals surface area contributed by atoms with Crippen molar-refractivity contribution < 1.29 is 4.79 Å². The van der Waals surface area contributed by atoms with Gasteiger partial charge in [-0.3, -0.25) is 9.59 Å². The van der Waals surface area contributed by atoms with Gasteiger partial charge < -0.3 is 14.8 Å². The highest BCUT2D eigenvalue weighted by molar-refractivity contribution is 5.76. The molecule has 0 unspecified atom stereocenters. The first kappa shape index (κ1) is 15.1. The first-order valence-electron chi connectivity index (χ1n) is 8.19. The predicted molar refractivity (Wildman–Crippen MR) is 84.8 cm³/mol. The molecule has 2 fully saturated rings. The quantitative estimate of drug-likeness (QED) is 0.903. The Morgan fingerprint density at radius 3 is 2.64 bits per heavy atom. The molecule has 120 valence electrons. The van der Waals surface area contributed by atoms with E-state index in [1.165, 1.54) is 11.0 Å². The molecule has 1 saturated heterocycles. The monoisotopic (exact) mass is 304 g/mol. The number of amides is 1. The van der Waals surface area contributed by atoms with Crippen LogP contribution in [0.5, 0.6) is 0 Å². The predicted octanol–water partition coefficient (Wildman–Crippen LogP) is 1.06. The van der Waals surface area contributed by atoms with E-state index < -0.39 is 0 Å². The number of hydrogen-bond donors (Lipinski definition) is 1. The molecule has 1 N–H and O–H groups in total. The minimum atomic E-state index is -0.0352. The Balaban J connectivity index is 1.48. The van der Waals surface area contributed by atoms with Crippen molar-refractivity contribution in [2.45, 2.75) is 44.6 Å². The molecule has 0 aromatic carbocycles. The molecule has 1 amide bonds. The van der Waals surface area contributed by atoms with Crippen LogP contribution in [0.25, 0.3) is 0 Å². The number of nitrogens with zero attached hydrogens (tertiary/aromatic N) is 3. The maximum absolute atomic E-state index is 12.0. The van der Waals surface area contributed by atoms with Crippen LogP contribution in [0.2, 0.25) is 0 Å². The van der Waals surface area contributed by atoms with Crippen molar-refractivity contribution in [1.82, 2.24) is 14.9 Å². The van der Waals surface area contributed by atoms with Gasteiger partial charge in [0.15, 0.2) is 0 Å². The van der Waals surface area contributed by atoms with Crippen LogP contribution in [-0.2, 0) is 11.8 Å². The third-order valence-corrected chi connectivity index (χ3v) is 4.85. The van der Waals surface area contributed by atoms with Crippen LogP contribution in [0.15, 0.2) is 17.2 Å². The summed E-state index contributed by atoms with van der Waals surface area (Å²) in [7, 11) is 1.70. The average Bonchev–Trinajstić information content (AvgIpc) is 2.47. The van der Waals surface area contributed by atoms with E-state index in [2.05, 4.69) is 15.2 Å². The van der Waals surface area contributed by atoms with Crippen LogP contribution < -0.4 is 15.8 Å². The molecule has 0 atom stereocenters. The lowest BCUT2D eigenvalue weighted by atomic mass is 9.90. The molecule has 22 heavy (non-hydrogen) atoms. The lowest BCUT2D eigenvalue weighted by Gasteiger charge is -2.33. The molecule has 1 aromatic rings. The molecule has 0 bridgehead atoms. The Bertz CT molecular complexity index is 586. The molecule has 2 heterocycles. The number of carbonyl (C=O) groups is 1. The second-order valence-corrected chi connectivity index (χ2v) is 6.53. The number of carbonyl (C=O) groups excluding carboxylic acids is 1. The Kier molecular flexibility index (Phi) is 4.45. The van der Waals surface area contributed by atoms with Gasteiger partial charge in [-0.1, -0.05) is 0 Å². The summed E-state index contributed by atoms with van der Waals surface area (Å²) in [5, 5.41) is 3.11. The Morgan fingerprint density at radius 2 is 2.05 bits per heavy atom. The van der Waals surface area contributed by atoms with Crippen LogP contribution in [0.1, 0.15) is 38.5 Å². The Hall–Kier alpha value is -1.85. The standard InChI is InChI=1S/C16H24N4O2/c1-19-11-17-14(10-16(19)22)20-7-5-12(6-8-20)9-15(21)18-13-3-2-4-13/h10-13H,2-9H2,1H3,(H,18,21). The van der Waals surface area contributed by atoms with Gasteiger partial charge in [0.2, 0.25) is 5.91 Å². The zero-order valence-electron chi connectivity index (χ0n) is 13.1. The van der Waals surface area contributed by atoms with Crippen molar-refractivity contribution in [2.75, 3.05) is 18.0 Å². The SMILES string of the molecule is Cn1cnc(N2CCC(CC(=O)NC3CCC3)CC2)cc1=O. The summed E-state index contributed by atoms with van der Waals surface area (Å²) < 4.78 is 1.47. The largest absolute Gasteiger partial charge is 0.356 e. The van der Waals surface area contributed by atoms with Crippen molar-refractivity contribution in [3.63, 3.8) is 0 Å². The zero-order chi connectivity index (χ0) is 15.5.